The third kappa shape index (κ3) is 4.96. The van der Waals surface area contributed by atoms with Crippen LogP contribution in [0, 0.1) is 6.92 Å². The number of nitrogens with one attached hydrogen (secondary N) is 2. The second kappa shape index (κ2) is 7.93. The van der Waals surface area contributed by atoms with Gasteiger partial charge in [0.05, 0.1) is 23.3 Å². The van der Waals surface area contributed by atoms with Gasteiger partial charge >= 0.3 is 5.92 Å². The van der Waals surface area contributed by atoms with E-state index in [1.54, 1.807) is 37.6 Å². The number of alkyl halides is 2. The van der Waals surface area contributed by atoms with Crippen LogP contribution in [0.1, 0.15) is 49.8 Å². The average molecular weight is 425 g/mol. The van der Waals surface area contributed by atoms with E-state index in [2.05, 4.69) is 35.6 Å². The van der Waals surface area contributed by atoms with Gasteiger partial charge in [0.25, 0.3) is 0 Å². The van der Waals surface area contributed by atoms with Crippen LogP contribution in [-0.4, -0.2) is 30.8 Å². The molecule has 0 aromatic carbocycles. The van der Waals surface area contributed by atoms with E-state index < -0.39 is 11.7 Å². The minimum absolute atomic E-state index is 0.191. The number of nitrogens with zero attached hydrogens (tertiary/aromatic N) is 5. The van der Waals surface area contributed by atoms with Crippen molar-refractivity contribution in [1.82, 2.24) is 24.9 Å². The van der Waals surface area contributed by atoms with Crippen molar-refractivity contribution < 1.29 is 13.6 Å². The van der Waals surface area contributed by atoms with Gasteiger partial charge in [-0.25, -0.2) is 19.9 Å². The summed E-state index contributed by atoms with van der Waals surface area (Å²) in [5, 5.41) is 5.68. The van der Waals surface area contributed by atoms with Crippen molar-refractivity contribution in [2.24, 2.45) is 0 Å². The minimum Gasteiger partial charge on any atom is -0.339 e. The lowest BCUT2D eigenvalue weighted by Gasteiger charge is -2.15. The van der Waals surface area contributed by atoms with Crippen molar-refractivity contribution in [3.05, 3.63) is 47.9 Å². The van der Waals surface area contributed by atoms with Crippen LogP contribution in [0.25, 0.3) is 11.3 Å². The van der Waals surface area contributed by atoms with Gasteiger partial charge in [0.1, 0.15) is 11.6 Å². The molecular formula is C21H21F2N7O. The first kappa shape index (κ1) is 20.7. The summed E-state index contributed by atoms with van der Waals surface area (Å²) in [6.07, 6.45) is 7.08. The topological polar surface area (TPSA) is 106 Å². The summed E-state index contributed by atoms with van der Waals surface area (Å²) in [5.74, 6) is -3.15. The maximum atomic E-state index is 13.8. The summed E-state index contributed by atoms with van der Waals surface area (Å²) in [6.45, 7) is 3.73. The molecule has 8 nitrogen and oxygen atoms in total. The Morgan fingerprint density at radius 3 is 2.55 bits per heavy atom. The van der Waals surface area contributed by atoms with Crippen LogP contribution in [0.5, 0.6) is 0 Å². The second-order valence-electron chi connectivity index (χ2n) is 7.63. The summed E-state index contributed by atoms with van der Waals surface area (Å²) in [4.78, 5) is 32.5. The Balaban J connectivity index is 1.77. The number of aromatic nitrogens is 5. The van der Waals surface area contributed by atoms with Crippen LogP contribution in [0.3, 0.4) is 0 Å². The van der Waals surface area contributed by atoms with Crippen molar-refractivity contribution in [2.45, 2.75) is 45.5 Å². The normalized spacial score (nSPS) is 13.7. The SMILES string of the molecule is CC(=O)Nc1cc(Nc2cc(C)nc(C(C)(F)F)n2)c(-c2cncc(C3CC3)n2)cn1. The highest BCUT2D eigenvalue weighted by atomic mass is 19.3. The number of pyridine rings is 1. The fraction of sp³-hybridized carbons (Fsp3) is 0.333. The van der Waals surface area contributed by atoms with E-state index in [4.69, 9.17) is 0 Å². The van der Waals surface area contributed by atoms with Gasteiger partial charge in [-0.3, -0.25) is 9.78 Å². The maximum absolute atomic E-state index is 13.8. The standard InChI is InChI=1S/C21H21F2N7O/c1-11-6-19(30-20(26-11)21(3,22)23)29-15-7-18(27-12(2)31)25-8-14(15)17-10-24-9-16(28-17)13-4-5-13/h6-10,13H,4-5H2,1-3H3,(H2,25,26,27,29,30,31). The van der Waals surface area contributed by atoms with Crippen LogP contribution in [-0.2, 0) is 10.7 Å². The lowest BCUT2D eigenvalue weighted by Crippen LogP contribution is -2.14. The second-order valence-corrected chi connectivity index (χ2v) is 7.63. The molecular weight excluding hydrogens is 404 g/mol. The molecule has 3 aromatic rings. The summed E-state index contributed by atoms with van der Waals surface area (Å²) in [5.41, 5.74) is 2.97. The fourth-order valence-electron chi connectivity index (χ4n) is 3.07. The minimum atomic E-state index is -3.19. The molecule has 4 rings (SSSR count). The highest BCUT2D eigenvalue weighted by Crippen LogP contribution is 2.40. The molecule has 1 saturated carbocycles. The predicted molar refractivity (Wildman–Crippen MR) is 111 cm³/mol. The number of aryl methyl sites for hydroxylation is 1. The molecule has 0 bridgehead atoms. The molecule has 1 fully saturated rings. The summed E-state index contributed by atoms with van der Waals surface area (Å²) in [6, 6.07) is 3.16. The lowest BCUT2D eigenvalue weighted by atomic mass is 10.1. The zero-order chi connectivity index (χ0) is 22.2. The summed E-state index contributed by atoms with van der Waals surface area (Å²) < 4.78 is 27.6. The van der Waals surface area contributed by atoms with Gasteiger partial charge in [-0.1, -0.05) is 0 Å². The maximum Gasteiger partial charge on any atom is 0.303 e. The number of amides is 1. The first-order chi connectivity index (χ1) is 14.7. The molecule has 3 aromatic heterocycles. The molecule has 1 amide bonds. The molecule has 0 saturated heterocycles. The van der Waals surface area contributed by atoms with E-state index in [0.29, 0.717) is 34.4 Å². The zero-order valence-corrected chi connectivity index (χ0v) is 17.3. The van der Waals surface area contributed by atoms with E-state index in [1.807, 2.05) is 0 Å². The van der Waals surface area contributed by atoms with Crippen molar-refractivity contribution >= 4 is 23.2 Å². The molecule has 0 unspecified atom stereocenters. The monoisotopic (exact) mass is 425 g/mol. The Morgan fingerprint density at radius 2 is 1.87 bits per heavy atom. The number of halogens is 2. The Labute approximate surface area is 177 Å². The van der Waals surface area contributed by atoms with Crippen LogP contribution < -0.4 is 10.6 Å². The number of carbonyl (C=O) groups excluding carboxylic acids is 1. The van der Waals surface area contributed by atoms with Crippen LogP contribution in [0.15, 0.2) is 30.7 Å². The number of anilines is 3. The molecule has 0 aliphatic heterocycles. The third-order valence-electron chi connectivity index (χ3n) is 4.64. The molecule has 2 N–H and O–H groups in total. The van der Waals surface area contributed by atoms with Crippen molar-refractivity contribution in [1.29, 1.82) is 0 Å². The van der Waals surface area contributed by atoms with Crippen molar-refractivity contribution in [3.63, 3.8) is 0 Å². The third-order valence-corrected chi connectivity index (χ3v) is 4.64. The smallest absolute Gasteiger partial charge is 0.303 e. The Hall–Kier alpha value is -3.56. The van der Waals surface area contributed by atoms with Gasteiger partial charge in [0.2, 0.25) is 11.7 Å². The van der Waals surface area contributed by atoms with Gasteiger partial charge in [-0.05, 0) is 19.8 Å². The highest BCUT2D eigenvalue weighted by Gasteiger charge is 2.29. The van der Waals surface area contributed by atoms with E-state index in [-0.39, 0.29) is 11.7 Å². The Morgan fingerprint density at radius 1 is 1.10 bits per heavy atom. The lowest BCUT2D eigenvalue weighted by molar-refractivity contribution is -0.114. The van der Waals surface area contributed by atoms with E-state index in [9.17, 15) is 13.6 Å². The van der Waals surface area contributed by atoms with E-state index in [1.165, 1.54) is 6.92 Å². The summed E-state index contributed by atoms with van der Waals surface area (Å²) >= 11 is 0. The van der Waals surface area contributed by atoms with E-state index >= 15 is 0 Å². The average Bonchev–Trinajstić information content (AvgIpc) is 3.52. The molecule has 31 heavy (non-hydrogen) atoms. The fourth-order valence-corrected chi connectivity index (χ4v) is 3.07. The molecule has 10 heteroatoms. The van der Waals surface area contributed by atoms with Gasteiger partial charge in [-0.15, -0.1) is 0 Å². The van der Waals surface area contributed by atoms with Gasteiger partial charge in [-0.2, -0.15) is 8.78 Å². The van der Waals surface area contributed by atoms with Gasteiger partial charge in [0, 0.05) is 55.5 Å². The first-order valence-electron chi connectivity index (χ1n) is 9.80. The molecule has 3 heterocycles. The zero-order valence-electron chi connectivity index (χ0n) is 17.3. The molecule has 1 aliphatic rings. The van der Waals surface area contributed by atoms with E-state index in [0.717, 1.165) is 25.5 Å². The number of rotatable bonds is 6. The largest absolute Gasteiger partial charge is 0.339 e. The quantitative estimate of drug-likeness (QED) is 0.606. The van der Waals surface area contributed by atoms with Crippen LogP contribution in [0.2, 0.25) is 0 Å². The predicted octanol–water partition coefficient (Wildman–Crippen LogP) is 4.33. The van der Waals surface area contributed by atoms with Crippen molar-refractivity contribution in [2.75, 3.05) is 10.6 Å². The molecule has 1 aliphatic carbocycles. The Kier molecular flexibility index (Phi) is 5.30. The molecule has 0 radical (unpaired) electrons. The van der Waals surface area contributed by atoms with Crippen LogP contribution >= 0.6 is 0 Å². The van der Waals surface area contributed by atoms with Crippen LogP contribution in [0.4, 0.5) is 26.1 Å². The van der Waals surface area contributed by atoms with Gasteiger partial charge < -0.3 is 10.6 Å². The number of hydrogen-bond donors (Lipinski definition) is 2. The Bertz CT molecular complexity index is 1140. The molecule has 160 valence electrons. The number of carbonyl (C=O) groups is 1. The molecule has 0 atom stereocenters. The summed E-state index contributed by atoms with van der Waals surface area (Å²) in [7, 11) is 0. The van der Waals surface area contributed by atoms with Crippen molar-refractivity contribution in [3.8, 4) is 11.3 Å². The highest BCUT2D eigenvalue weighted by molar-refractivity contribution is 5.89. The number of hydrogen-bond acceptors (Lipinski definition) is 7. The molecule has 0 spiro atoms. The van der Waals surface area contributed by atoms with Gasteiger partial charge in [0.15, 0.2) is 0 Å². The first-order valence-corrected chi connectivity index (χ1v) is 9.80.